The number of rotatable bonds is 6. The molecule has 1 aliphatic heterocycles. The van der Waals surface area contributed by atoms with Gasteiger partial charge in [-0.2, -0.15) is 4.31 Å². The van der Waals surface area contributed by atoms with Crippen molar-refractivity contribution in [1.29, 1.82) is 0 Å². The average molecular weight is 310 g/mol. The van der Waals surface area contributed by atoms with Crippen molar-refractivity contribution in [1.82, 2.24) is 4.31 Å². The smallest absolute Gasteiger partial charge is 0.243 e. The van der Waals surface area contributed by atoms with E-state index in [9.17, 15) is 13.2 Å². The summed E-state index contributed by atoms with van der Waals surface area (Å²) < 4.78 is 27.0. The molecule has 0 aromatic heterocycles. The van der Waals surface area contributed by atoms with Gasteiger partial charge in [0, 0.05) is 18.8 Å². The Morgan fingerprint density at radius 1 is 1.19 bits per heavy atom. The van der Waals surface area contributed by atoms with Crippen LogP contribution in [0.1, 0.15) is 45.1 Å². The van der Waals surface area contributed by atoms with Crippen LogP contribution in [0.25, 0.3) is 0 Å². The zero-order valence-corrected chi connectivity index (χ0v) is 13.5. The Bertz CT molecular complexity index is 634. The summed E-state index contributed by atoms with van der Waals surface area (Å²) in [5.41, 5.74) is 1.47. The van der Waals surface area contributed by atoms with Gasteiger partial charge in [-0.1, -0.05) is 13.8 Å². The minimum Gasteiger partial charge on any atom is -0.325 e. The van der Waals surface area contributed by atoms with Gasteiger partial charge in [-0.15, -0.1) is 0 Å². The molecule has 0 unspecified atom stereocenters. The predicted octanol–water partition coefficient (Wildman–Crippen LogP) is 2.55. The van der Waals surface area contributed by atoms with E-state index in [-0.39, 0.29) is 16.7 Å². The SMILES string of the molecule is CCCN(CCC)S(=O)(=O)c1ccc2c(c1)[C@@H](C)C(=O)N2. The van der Waals surface area contributed by atoms with Crippen LogP contribution in [-0.4, -0.2) is 31.7 Å². The number of hydrogen-bond acceptors (Lipinski definition) is 3. The molecule has 0 aliphatic carbocycles. The highest BCUT2D eigenvalue weighted by Gasteiger charge is 2.30. The van der Waals surface area contributed by atoms with Crippen LogP contribution in [0, 0.1) is 0 Å². The Labute approximate surface area is 126 Å². The molecule has 6 heteroatoms. The summed E-state index contributed by atoms with van der Waals surface area (Å²) in [4.78, 5) is 11.9. The highest BCUT2D eigenvalue weighted by Crippen LogP contribution is 2.34. The van der Waals surface area contributed by atoms with Crippen molar-refractivity contribution < 1.29 is 13.2 Å². The first-order chi connectivity index (χ1) is 9.91. The zero-order chi connectivity index (χ0) is 15.6. The second kappa shape index (κ2) is 6.15. The van der Waals surface area contributed by atoms with Gasteiger partial charge in [0.15, 0.2) is 0 Å². The van der Waals surface area contributed by atoms with Crippen LogP contribution in [-0.2, 0) is 14.8 Å². The fourth-order valence-corrected chi connectivity index (χ4v) is 4.22. The van der Waals surface area contributed by atoms with Crippen molar-refractivity contribution in [2.45, 2.75) is 44.4 Å². The minimum absolute atomic E-state index is 0.0847. The second-order valence-electron chi connectivity index (χ2n) is 5.36. The standard InChI is InChI=1S/C15H22N2O3S/c1-4-8-17(9-5-2)21(19,20)12-6-7-14-13(10-12)11(3)15(18)16-14/h6-7,10-11H,4-5,8-9H2,1-3H3,(H,16,18)/t11-/m1/s1. The van der Waals surface area contributed by atoms with Crippen molar-refractivity contribution in [2.24, 2.45) is 0 Å². The van der Waals surface area contributed by atoms with Gasteiger partial charge in [0.25, 0.3) is 0 Å². The number of hydrogen-bond donors (Lipinski definition) is 1. The molecule has 1 N–H and O–H groups in total. The van der Waals surface area contributed by atoms with Crippen LogP contribution in [0.2, 0.25) is 0 Å². The summed E-state index contributed by atoms with van der Waals surface area (Å²) in [6, 6.07) is 4.88. The number of benzene rings is 1. The molecule has 21 heavy (non-hydrogen) atoms. The number of sulfonamides is 1. The third-order valence-electron chi connectivity index (χ3n) is 3.72. The van der Waals surface area contributed by atoms with E-state index < -0.39 is 10.0 Å². The molecule has 2 rings (SSSR count). The molecule has 1 aromatic carbocycles. The molecule has 1 amide bonds. The van der Waals surface area contributed by atoms with Gasteiger partial charge >= 0.3 is 0 Å². The van der Waals surface area contributed by atoms with Crippen molar-refractivity contribution in [3.05, 3.63) is 23.8 Å². The first kappa shape index (κ1) is 16.0. The Hall–Kier alpha value is -1.40. The minimum atomic E-state index is -3.49. The molecule has 1 heterocycles. The summed E-state index contributed by atoms with van der Waals surface area (Å²) in [7, 11) is -3.49. The summed E-state index contributed by atoms with van der Waals surface area (Å²) in [5.74, 6) is -0.389. The fourth-order valence-electron chi connectivity index (χ4n) is 2.56. The van der Waals surface area contributed by atoms with E-state index in [4.69, 9.17) is 0 Å². The molecule has 0 fully saturated rings. The van der Waals surface area contributed by atoms with Crippen LogP contribution >= 0.6 is 0 Å². The number of nitrogens with one attached hydrogen (secondary N) is 1. The van der Waals surface area contributed by atoms with Gasteiger partial charge < -0.3 is 5.32 Å². The van der Waals surface area contributed by atoms with Crippen molar-refractivity contribution in [3.8, 4) is 0 Å². The highest BCUT2D eigenvalue weighted by molar-refractivity contribution is 7.89. The normalized spacial score (nSPS) is 17.9. The molecule has 1 aromatic rings. The monoisotopic (exact) mass is 310 g/mol. The lowest BCUT2D eigenvalue weighted by Gasteiger charge is -2.21. The van der Waals surface area contributed by atoms with Gasteiger partial charge in [-0.05, 0) is 43.5 Å². The Kier molecular flexibility index (Phi) is 4.68. The molecule has 1 atom stereocenters. The number of amides is 1. The van der Waals surface area contributed by atoms with Crippen molar-refractivity contribution in [3.63, 3.8) is 0 Å². The van der Waals surface area contributed by atoms with E-state index in [0.717, 1.165) is 18.4 Å². The summed E-state index contributed by atoms with van der Waals surface area (Å²) in [6.07, 6.45) is 1.56. The van der Waals surface area contributed by atoms with E-state index in [2.05, 4.69) is 5.32 Å². The first-order valence-corrected chi connectivity index (χ1v) is 8.80. The molecule has 0 bridgehead atoms. The van der Waals surface area contributed by atoms with Crippen LogP contribution in [0.5, 0.6) is 0 Å². The second-order valence-corrected chi connectivity index (χ2v) is 7.30. The van der Waals surface area contributed by atoms with E-state index >= 15 is 0 Å². The lowest BCUT2D eigenvalue weighted by atomic mass is 10.0. The van der Waals surface area contributed by atoms with Gasteiger partial charge in [0.1, 0.15) is 0 Å². The fraction of sp³-hybridized carbons (Fsp3) is 0.533. The van der Waals surface area contributed by atoms with Crippen molar-refractivity contribution in [2.75, 3.05) is 18.4 Å². The average Bonchev–Trinajstić information content (AvgIpc) is 2.73. The van der Waals surface area contributed by atoms with E-state index in [1.807, 2.05) is 13.8 Å². The molecule has 116 valence electrons. The third-order valence-corrected chi connectivity index (χ3v) is 5.62. The summed E-state index contributed by atoms with van der Waals surface area (Å²) in [5, 5.41) is 2.76. The highest BCUT2D eigenvalue weighted by atomic mass is 32.2. The van der Waals surface area contributed by atoms with Gasteiger partial charge in [-0.25, -0.2) is 8.42 Å². The largest absolute Gasteiger partial charge is 0.325 e. The number of carbonyl (C=O) groups is 1. The molecule has 0 saturated heterocycles. The van der Waals surface area contributed by atoms with Gasteiger partial charge in [0.2, 0.25) is 15.9 Å². The Balaban J connectivity index is 2.39. The van der Waals surface area contributed by atoms with E-state index in [1.54, 1.807) is 25.1 Å². The van der Waals surface area contributed by atoms with Crippen molar-refractivity contribution >= 4 is 21.6 Å². The molecule has 0 spiro atoms. The molecular formula is C15H22N2O3S. The van der Waals surface area contributed by atoms with Gasteiger partial charge in [0.05, 0.1) is 10.8 Å². The van der Waals surface area contributed by atoms with E-state index in [1.165, 1.54) is 4.31 Å². The summed E-state index contributed by atoms with van der Waals surface area (Å²) in [6.45, 7) is 6.74. The number of fused-ring (bicyclic) bond motifs is 1. The molecule has 0 saturated carbocycles. The maximum Gasteiger partial charge on any atom is 0.243 e. The molecule has 0 radical (unpaired) electrons. The van der Waals surface area contributed by atoms with Crippen LogP contribution in [0.3, 0.4) is 0 Å². The quantitative estimate of drug-likeness (QED) is 0.878. The predicted molar refractivity (Wildman–Crippen MR) is 82.8 cm³/mol. The first-order valence-electron chi connectivity index (χ1n) is 7.36. The van der Waals surface area contributed by atoms with Crippen LogP contribution < -0.4 is 5.32 Å². The molecule has 5 nitrogen and oxygen atoms in total. The maximum atomic E-state index is 12.7. The van der Waals surface area contributed by atoms with Gasteiger partial charge in [-0.3, -0.25) is 4.79 Å². The lowest BCUT2D eigenvalue weighted by molar-refractivity contribution is -0.116. The Morgan fingerprint density at radius 3 is 2.38 bits per heavy atom. The third kappa shape index (κ3) is 2.96. The van der Waals surface area contributed by atoms with Crippen LogP contribution in [0.15, 0.2) is 23.1 Å². The molecular weight excluding hydrogens is 288 g/mol. The number of nitrogens with zero attached hydrogens (tertiary/aromatic N) is 1. The Morgan fingerprint density at radius 2 is 1.81 bits per heavy atom. The molecule has 1 aliphatic rings. The number of anilines is 1. The maximum absolute atomic E-state index is 12.7. The zero-order valence-electron chi connectivity index (χ0n) is 12.7. The lowest BCUT2D eigenvalue weighted by Crippen LogP contribution is -2.32. The summed E-state index contributed by atoms with van der Waals surface area (Å²) >= 11 is 0. The topological polar surface area (TPSA) is 66.5 Å². The van der Waals surface area contributed by atoms with Crippen LogP contribution in [0.4, 0.5) is 5.69 Å². The van der Waals surface area contributed by atoms with E-state index in [0.29, 0.717) is 18.8 Å². The number of carbonyl (C=O) groups excluding carboxylic acids is 1.